The number of nitrogens with one attached hydrogen (secondary N) is 1. The minimum atomic E-state index is -0.527. The molecule has 0 aliphatic carbocycles. The summed E-state index contributed by atoms with van der Waals surface area (Å²) < 4.78 is 1.04. The van der Waals surface area contributed by atoms with Crippen molar-refractivity contribution in [2.24, 2.45) is 0 Å². The smallest absolute Gasteiger partial charge is 0.245 e. The number of thiazole rings is 1. The molecular formula is C18H19N3O2S. The first-order valence-electron chi connectivity index (χ1n) is 7.75. The highest BCUT2D eigenvalue weighted by molar-refractivity contribution is 7.22. The molecule has 2 aromatic carbocycles. The number of aliphatic hydroxyl groups excluding tert-OH is 1. The number of aliphatic hydroxyl groups is 1. The maximum Gasteiger partial charge on any atom is 0.245 e. The number of hydrogen-bond donors (Lipinski definition) is 2. The van der Waals surface area contributed by atoms with Crippen molar-refractivity contribution in [3.63, 3.8) is 0 Å². The second-order valence-corrected chi connectivity index (χ2v) is 6.63. The normalized spacial score (nSPS) is 12.1. The van der Waals surface area contributed by atoms with Crippen molar-refractivity contribution in [1.29, 1.82) is 0 Å². The second kappa shape index (κ2) is 7.42. The lowest BCUT2D eigenvalue weighted by Crippen LogP contribution is -2.37. The predicted octanol–water partition coefficient (Wildman–Crippen LogP) is 3.12. The van der Waals surface area contributed by atoms with Gasteiger partial charge in [0.2, 0.25) is 5.91 Å². The Kier molecular flexibility index (Phi) is 5.08. The molecule has 0 aliphatic heterocycles. The van der Waals surface area contributed by atoms with Crippen LogP contribution < -0.4 is 10.2 Å². The van der Waals surface area contributed by atoms with Crippen LogP contribution in [0.4, 0.5) is 10.8 Å². The van der Waals surface area contributed by atoms with Gasteiger partial charge in [0.1, 0.15) is 0 Å². The van der Waals surface area contributed by atoms with E-state index in [4.69, 9.17) is 0 Å². The third-order valence-electron chi connectivity index (χ3n) is 3.48. The number of para-hydroxylation sites is 2. The van der Waals surface area contributed by atoms with E-state index in [2.05, 4.69) is 10.3 Å². The van der Waals surface area contributed by atoms with E-state index in [0.29, 0.717) is 11.7 Å². The number of amides is 1. The maximum atomic E-state index is 12.4. The molecule has 24 heavy (non-hydrogen) atoms. The number of nitrogens with zero attached hydrogens (tertiary/aromatic N) is 2. The lowest BCUT2D eigenvalue weighted by Gasteiger charge is -2.25. The lowest BCUT2D eigenvalue weighted by atomic mass is 10.2. The van der Waals surface area contributed by atoms with Crippen LogP contribution in [0.25, 0.3) is 10.2 Å². The number of aromatic nitrogens is 1. The van der Waals surface area contributed by atoms with E-state index >= 15 is 0 Å². The van der Waals surface area contributed by atoms with Gasteiger partial charge in [-0.25, -0.2) is 4.98 Å². The number of carbonyl (C=O) groups is 1. The summed E-state index contributed by atoms with van der Waals surface area (Å²) >= 11 is 1.45. The van der Waals surface area contributed by atoms with Crippen molar-refractivity contribution < 1.29 is 9.90 Å². The predicted molar refractivity (Wildman–Crippen MR) is 98.6 cm³/mol. The molecule has 1 atom stereocenters. The van der Waals surface area contributed by atoms with Gasteiger partial charge >= 0.3 is 0 Å². The van der Waals surface area contributed by atoms with Crippen LogP contribution >= 0.6 is 11.3 Å². The molecule has 2 N–H and O–H groups in total. The zero-order valence-electron chi connectivity index (χ0n) is 13.3. The van der Waals surface area contributed by atoms with Crippen LogP contribution in [0.5, 0.6) is 0 Å². The van der Waals surface area contributed by atoms with Crippen LogP contribution in [0.15, 0.2) is 54.6 Å². The van der Waals surface area contributed by atoms with Gasteiger partial charge in [-0.15, -0.1) is 0 Å². The molecule has 1 aromatic heterocycles. The number of fused-ring (bicyclic) bond motifs is 1. The molecule has 3 rings (SSSR count). The maximum absolute atomic E-state index is 12.4. The van der Waals surface area contributed by atoms with Gasteiger partial charge in [0.15, 0.2) is 5.13 Å². The Hall–Kier alpha value is -2.44. The number of hydrogen-bond acceptors (Lipinski definition) is 5. The second-order valence-electron chi connectivity index (χ2n) is 5.60. The first kappa shape index (κ1) is 16.4. The molecule has 1 amide bonds. The Labute approximate surface area is 144 Å². The van der Waals surface area contributed by atoms with Crippen LogP contribution in [0, 0.1) is 0 Å². The quantitative estimate of drug-likeness (QED) is 0.723. The minimum Gasteiger partial charge on any atom is -0.392 e. The number of benzene rings is 2. The molecule has 0 saturated carbocycles. The van der Waals surface area contributed by atoms with E-state index < -0.39 is 6.10 Å². The number of anilines is 2. The SMILES string of the molecule is CC(O)CN(CC(=O)Nc1nc2ccccc2s1)c1ccccc1. The highest BCUT2D eigenvalue weighted by Gasteiger charge is 2.15. The lowest BCUT2D eigenvalue weighted by molar-refractivity contribution is -0.115. The van der Waals surface area contributed by atoms with Crippen molar-refractivity contribution >= 4 is 38.3 Å². The summed E-state index contributed by atoms with van der Waals surface area (Å²) in [5.41, 5.74) is 1.78. The first-order valence-corrected chi connectivity index (χ1v) is 8.57. The highest BCUT2D eigenvalue weighted by atomic mass is 32.1. The van der Waals surface area contributed by atoms with E-state index in [1.165, 1.54) is 11.3 Å². The van der Waals surface area contributed by atoms with Gasteiger partial charge in [-0.3, -0.25) is 4.79 Å². The van der Waals surface area contributed by atoms with E-state index in [0.717, 1.165) is 15.9 Å². The largest absolute Gasteiger partial charge is 0.392 e. The van der Waals surface area contributed by atoms with Crippen LogP contribution in [-0.2, 0) is 4.79 Å². The summed E-state index contributed by atoms with van der Waals surface area (Å²) in [4.78, 5) is 18.7. The fourth-order valence-electron chi connectivity index (χ4n) is 2.48. The van der Waals surface area contributed by atoms with Gasteiger partial charge < -0.3 is 15.3 Å². The van der Waals surface area contributed by atoms with Gasteiger partial charge in [-0.2, -0.15) is 0 Å². The van der Waals surface area contributed by atoms with Crippen molar-refractivity contribution in [3.05, 3.63) is 54.6 Å². The zero-order valence-corrected chi connectivity index (χ0v) is 14.2. The monoisotopic (exact) mass is 341 g/mol. The summed E-state index contributed by atoms with van der Waals surface area (Å²) in [7, 11) is 0. The third-order valence-corrected chi connectivity index (χ3v) is 4.43. The van der Waals surface area contributed by atoms with E-state index in [1.807, 2.05) is 59.5 Å². The average molecular weight is 341 g/mol. The van der Waals surface area contributed by atoms with Crippen molar-refractivity contribution in [3.8, 4) is 0 Å². The zero-order chi connectivity index (χ0) is 16.9. The van der Waals surface area contributed by atoms with Gasteiger partial charge in [0.05, 0.1) is 22.9 Å². The summed E-state index contributed by atoms with van der Waals surface area (Å²) in [5.74, 6) is -0.154. The van der Waals surface area contributed by atoms with Crippen LogP contribution in [0.2, 0.25) is 0 Å². The summed E-state index contributed by atoms with van der Waals surface area (Å²) in [6.45, 7) is 2.25. The first-order chi connectivity index (χ1) is 11.6. The summed E-state index contributed by atoms with van der Waals surface area (Å²) in [6.07, 6.45) is -0.527. The molecular weight excluding hydrogens is 322 g/mol. The highest BCUT2D eigenvalue weighted by Crippen LogP contribution is 2.25. The molecule has 1 unspecified atom stereocenters. The molecule has 3 aromatic rings. The molecule has 0 fully saturated rings. The standard InChI is InChI=1S/C18H19N3O2S/c1-13(22)11-21(14-7-3-2-4-8-14)12-17(23)20-18-19-15-9-5-6-10-16(15)24-18/h2-10,13,22H,11-12H2,1H3,(H,19,20,23). The molecule has 124 valence electrons. The third kappa shape index (κ3) is 4.10. The van der Waals surface area contributed by atoms with Gasteiger partial charge in [-0.1, -0.05) is 41.7 Å². The number of carbonyl (C=O) groups excluding carboxylic acids is 1. The molecule has 5 nitrogen and oxygen atoms in total. The molecule has 0 saturated heterocycles. The van der Waals surface area contributed by atoms with Gasteiger partial charge in [0.25, 0.3) is 0 Å². The molecule has 0 bridgehead atoms. The summed E-state index contributed by atoms with van der Waals surface area (Å²) in [5, 5.41) is 13.1. The van der Waals surface area contributed by atoms with E-state index in [-0.39, 0.29) is 12.5 Å². The molecule has 1 heterocycles. The molecule has 6 heteroatoms. The van der Waals surface area contributed by atoms with E-state index in [1.54, 1.807) is 6.92 Å². The Morgan fingerprint density at radius 1 is 1.21 bits per heavy atom. The molecule has 0 aliphatic rings. The number of rotatable bonds is 6. The van der Waals surface area contributed by atoms with Crippen molar-refractivity contribution in [2.45, 2.75) is 13.0 Å². The van der Waals surface area contributed by atoms with E-state index in [9.17, 15) is 9.90 Å². The minimum absolute atomic E-state index is 0.154. The Morgan fingerprint density at radius 3 is 2.62 bits per heavy atom. The Bertz CT molecular complexity index is 784. The van der Waals surface area contributed by atoms with Crippen molar-refractivity contribution in [1.82, 2.24) is 4.98 Å². The Balaban J connectivity index is 1.71. The van der Waals surface area contributed by atoms with Crippen LogP contribution in [-0.4, -0.2) is 35.2 Å². The fraction of sp³-hybridized carbons (Fsp3) is 0.222. The molecule has 0 radical (unpaired) electrons. The topological polar surface area (TPSA) is 65.5 Å². The van der Waals surface area contributed by atoms with Crippen LogP contribution in [0.3, 0.4) is 0 Å². The Morgan fingerprint density at radius 2 is 1.92 bits per heavy atom. The van der Waals surface area contributed by atoms with Crippen LogP contribution in [0.1, 0.15) is 6.92 Å². The van der Waals surface area contributed by atoms with Crippen molar-refractivity contribution in [2.75, 3.05) is 23.3 Å². The molecule has 0 spiro atoms. The summed E-state index contributed by atoms with van der Waals surface area (Å²) in [6, 6.07) is 17.4. The van der Waals surface area contributed by atoms with Gasteiger partial charge in [0, 0.05) is 12.2 Å². The average Bonchev–Trinajstić information content (AvgIpc) is 2.96. The fourth-order valence-corrected chi connectivity index (χ4v) is 3.36. The van der Waals surface area contributed by atoms with Gasteiger partial charge in [-0.05, 0) is 31.2 Å².